The largest absolute Gasteiger partial charge is 0.487 e. The van der Waals surface area contributed by atoms with Crippen molar-refractivity contribution in [3.8, 4) is 5.75 Å². The van der Waals surface area contributed by atoms with Crippen LogP contribution in [0.5, 0.6) is 5.75 Å². The van der Waals surface area contributed by atoms with E-state index in [9.17, 15) is 4.79 Å². The molecule has 0 saturated heterocycles. The summed E-state index contributed by atoms with van der Waals surface area (Å²) in [5.41, 5.74) is 8.14. The number of rotatable bonds is 6. The molecule has 23 heavy (non-hydrogen) atoms. The first-order valence-corrected chi connectivity index (χ1v) is 7.26. The Balaban J connectivity index is 2.06. The van der Waals surface area contributed by atoms with Gasteiger partial charge in [0, 0.05) is 18.8 Å². The number of benzene rings is 2. The monoisotopic (exact) mass is 308 g/mol. The van der Waals surface area contributed by atoms with Crippen LogP contribution in [0, 0.1) is 0 Å². The van der Waals surface area contributed by atoms with Crippen molar-refractivity contribution in [2.75, 3.05) is 24.3 Å². The van der Waals surface area contributed by atoms with Gasteiger partial charge in [-0.1, -0.05) is 36.9 Å². The number of para-hydroxylation sites is 1. The molecule has 4 nitrogen and oxygen atoms in total. The maximum Gasteiger partial charge on any atom is 0.250 e. The van der Waals surface area contributed by atoms with Crippen LogP contribution in [0.4, 0.5) is 11.4 Å². The van der Waals surface area contributed by atoms with Gasteiger partial charge in [-0.15, -0.1) is 0 Å². The van der Waals surface area contributed by atoms with Gasteiger partial charge in [0.2, 0.25) is 0 Å². The van der Waals surface area contributed by atoms with Crippen LogP contribution in [0.25, 0.3) is 6.08 Å². The number of hydrogen-bond acceptors (Lipinski definition) is 3. The topological polar surface area (TPSA) is 55.6 Å². The Hall–Kier alpha value is -3.01. The standard InChI is InChI=1S/C19H20N2O2/c1-3-13-23-18-11-9-15(14-17(18)20)10-12-19(22)21(2)16-7-5-4-6-8-16/h3-12,14H,1,13,20H2,2H3/b12-10-. The molecule has 2 aromatic rings. The molecular formula is C19H20N2O2. The molecule has 2 aromatic carbocycles. The second-order valence-electron chi connectivity index (χ2n) is 4.96. The third-order valence-electron chi connectivity index (χ3n) is 3.28. The highest BCUT2D eigenvalue weighted by atomic mass is 16.5. The van der Waals surface area contributed by atoms with Crippen molar-refractivity contribution < 1.29 is 9.53 Å². The van der Waals surface area contributed by atoms with Crippen molar-refractivity contribution in [3.05, 3.63) is 72.8 Å². The molecule has 0 fully saturated rings. The van der Waals surface area contributed by atoms with Gasteiger partial charge in [0.25, 0.3) is 5.91 Å². The van der Waals surface area contributed by atoms with Gasteiger partial charge in [-0.2, -0.15) is 0 Å². The summed E-state index contributed by atoms with van der Waals surface area (Å²) >= 11 is 0. The first kappa shape index (κ1) is 16.4. The molecular weight excluding hydrogens is 288 g/mol. The van der Waals surface area contributed by atoms with Crippen molar-refractivity contribution in [2.45, 2.75) is 0 Å². The molecule has 118 valence electrons. The molecule has 0 spiro atoms. The summed E-state index contributed by atoms with van der Waals surface area (Å²) in [4.78, 5) is 13.8. The van der Waals surface area contributed by atoms with E-state index >= 15 is 0 Å². The van der Waals surface area contributed by atoms with Crippen molar-refractivity contribution in [1.82, 2.24) is 0 Å². The van der Waals surface area contributed by atoms with E-state index in [0.717, 1.165) is 11.3 Å². The number of nitrogens with zero attached hydrogens (tertiary/aromatic N) is 1. The Labute approximate surface area is 136 Å². The van der Waals surface area contributed by atoms with Gasteiger partial charge in [-0.25, -0.2) is 0 Å². The summed E-state index contributed by atoms with van der Waals surface area (Å²) in [5.74, 6) is 0.497. The van der Waals surface area contributed by atoms with E-state index in [2.05, 4.69) is 6.58 Å². The third-order valence-corrected chi connectivity index (χ3v) is 3.28. The van der Waals surface area contributed by atoms with Crippen LogP contribution in [-0.2, 0) is 4.79 Å². The van der Waals surface area contributed by atoms with Gasteiger partial charge in [-0.3, -0.25) is 4.79 Å². The Kier molecular flexibility index (Phi) is 5.58. The van der Waals surface area contributed by atoms with Gasteiger partial charge in [0.05, 0.1) is 5.69 Å². The average molecular weight is 308 g/mol. The Morgan fingerprint density at radius 2 is 2.00 bits per heavy atom. The number of nitrogen functional groups attached to an aromatic ring is 1. The fourth-order valence-electron chi connectivity index (χ4n) is 2.01. The smallest absolute Gasteiger partial charge is 0.250 e. The van der Waals surface area contributed by atoms with E-state index in [4.69, 9.17) is 10.5 Å². The minimum atomic E-state index is -0.109. The maximum absolute atomic E-state index is 12.2. The van der Waals surface area contributed by atoms with E-state index in [1.807, 2.05) is 36.4 Å². The van der Waals surface area contributed by atoms with Crippen LogP contribution in [0.2, 0.25) is 0 Å². The minimum Gasteiger partial charge on any atom is -0.487 e. The van der Waals surface area contributed by atoms with Crippen LogP contribution in [0.15, 0.2) is 67.3 Å². The molecule has 0 aromatic heterocycles. The second kappa shape index (κ2) is 7.84. The molecule has 0 aliphatic carbocycles. The number of nitrogens with two attached hydrogens (primary N) is 1. The molecule has 0 aliphatic rings. The summed E-state index contributed by atoms with van der Waals surface area (Å²) in [6.45, 7) is 4.00. The van der Waals surface area contributed by atoms with Crippen LogP contribution in [-0.4, -0.2) is 19.6 Å². The van der Waals surface area contributed by atoms with Gasteiger partial charge in [0.1, 0.15) is 12.4 Å². The minimum absolute atomic E-state index is 0.109. The lowest BCUT2D eigenvalue weighted by Crippen LogP contribution is -2.23. The Morgan fingerprint density at radius 3 is 2.65 bits per heavy atom. The zero-order valence-electron chi connectivity index (χ0n) is 13.1. The summed E-state index contributed by atoms with van der Waals surface area (Å²) in [7, 11) is 1.74. The predicted molar refractivity (Wildman–Crippen MR) is 95.4 cm³/mol. The molecule has 0 aliphatic heterocycles. The number of carbonyl (C=O) groups excluding carboxylic acids is 1. The molecule has 0 atom stereocenters. The number of carbonyl (C=O) groups is 1. The number of amides is 1. The molecule has 0 radical (unpaired) electrons. The third kappa shape index (κ3) is 4.48. The lowest BCUT2D eigenvalue weighted by atomic mass is 10.1. The number of ether oxygens (including phenoxy) is 1. The van der Waals surface area contributed by atoms with E-state index in [1.165, 1.54) is 6.08 Å². The molecule has 4 heteroatoms. The van der Waals surface area contributed by atoms with Crippen LogP contribution < -0.4 is 15.4 Å². The number of likely N-dealkylation sites (N-methyl/N-ethyl adjacent to an activating group) is 1. The van der Waals surface area contributed by atoms with Gasteiger partial charge >= 0.3 is 0 Å². The van der Waals surface area contributed by atoms with Crippen LogP contribution in [0.3, 0.4) is 0 Å². The van der Waals surface area contributed by atoms with Crippen molar-refractivity contribution in [1.29, 1.82) is 0 Å². The van der Waals surface area contributed by atoms with Crippen LogP contribution >= 0.6 is 0 Å². The van der Waals surface area contributed by atoms with Crippen LogP contribution in [0.1, 0.15) is 5.56 Å². The first-order chi connectivity index (χ1) is 11.1. The number of hydrogen-bond donors (Lipinski definition) is 1. The quantitative estimate of drug-likeness (QED) is 0.505. The molecule has 0 heterocycles. The molecule has 0 saturated carbocycles. The fraction of sp³-hybridized carbons (Fsp3) is 0.105. The van der Waals surface area contributed by atoms with Crippen molar-refractivity contribution in [3.63, 3.8) is 0 Å². The van der Waals surface area contributed by atoms with E-state index < -0.39 is 0 Å². The Morgan fingerprint density at radius 1 is 1.26 bits per heavy atom. The molecule has 0 unspecified atom stereocenters. The lowest BCUT2D eigenvalue weighted by Gasteiger charge is -2.14. The highest BCUT2D eigenvalue weighted by Crippen LogP contribution is 2.23. The van der Waals surface area contributed by atoms with Gasteiger partial charge < -0.3 is 15.4 Å². The zero-order valence-corrected chi connectivity index (χ0v) is 13.1. The molecule has 2 rings (SSSR count). The molecule has 1 amide bonds. The van der Waals surface area contributed by atoms with Crippen molar-refractivity contribution in [2.24, 2.45) is 0 Å². The highest BCUT2D eigenvalue weighted by Gasteiger charge is 2.07. The Bertz CT molecular complexity index is 709. The maximum atomic E-state index is 12.2. The predicted octanol–water partition coefficient (Wildman–Crippen LogP) is 3.51. The average Bonchev–Trinajstić information content (AvgIpc) is 2.59. The number of anilines is 2. The molecule has 0 bridgehead atoms. The molecule has 2 N–H and O–H groups in total. The lowest BCUT2D eigenvalue weighted by molar-refractivity contribution is -0.113. The second-order valence-corrected chi connectivity index (χ2v) is 4.96. The van der Waals surface area contributed by atoms with E-state index in [0.29, 0.717) is 18.0 Å². The summed E-state index contributed by atoms with van der Waals surface area (Å²) < 4.78 is 5.42. The van der Waals surface area contributed by atoms with E-state index in [-0.39, 0.29) is 5.91 Å². The van der Waals surface area contributed by atoms with Gasteiger partial charge in [0.15, 0.2) is 0 Å². The summed E-state index contributed by atoms with van der Waals surface area (Å²) in [6, 6.07) is 14.9. The summed E-state index contributed by atoms with van der Waals surface area (Å²) in [6.07, 6.45) is 4.91. The van der Waals surface area contributed by atoms with E-state index in [1.54, 1.807) is 36.2 Å². The fourth-order valence-corrected chi connectivity index (χ4v) is 2.01. The normalized spacial score (nSPS) is 10.5. The van der Waals surface area contributed by atoms with Gasteiger partial charge in [-0.05, 0) is 35.9 Å². The SMILES string of the molecule is C=CCOc1ccc(/C=C\C(=O)N(C)c2ccccc2)cc1N. The van der Waals surface area contributed by atoms with Crippen molar-refractivity contribution >= 4 is 23.4 Å². The zero-order chi connectivity index (χ0) is 16.7. The summed E-state index contributed by atoms with van der Waals surface area (Å²) in [5, 5.41) is 0. The highest BCUT2D eigenvalue weighted by molar-refractivity contribution is 6.03. The first-order valence-electron chi connectivity index (χ1n) is 7.26.